The lowest BCUT2D eigenvalue weighted by molar-refractivity contribution is -0.158. The van der Waals surface area contributed by atoms with Gasteiger partial charge in [0, 0.05) is 61.1 Å². The smallest absolute Gasteiger partial charge is 0.254 e. The van der Waals surface area contributed by atoms with Crippen LogP contribution in [0.5, 0.6) is 5.75 Å². The Morgan fingerprint density at radius 2 is 1.78 bits per heavy atom. The molecule has 278 valence electrons. The molecule has 1 saturated carbocycles. The lowest BCUT2D eigenvalue weighted by Crippen LogP contribution is -2.53. The first-order valence-corrected chi connectivity index (χ1v) is 18.3. The van der Waals surface area contributed by atoms with Gasteiger partial charge in [-0.2, -0.15) is 0 Å². The van der Waals surface area contributed by atoms with Crippen molar-refractivity contribution in [1.29, 1.82) is 0 Å². The summed E-state index contributed by atoms with van der Waals surface area (Å²) in [7, 11) is 3.77. The predicted molar refractivity (Wildman–Crippen MR) is 197 cm³/mol. The number of ether oxygens (including phenoxy) is 2. The molecular formula is C39H53ClN3O8+. The van der Waals surface area contributed by atoms with E-state index in [1.165, 1.54) is 16.0 Å². The van der Waals surface area contributed by atoms with Crippen molar-refractivity contribution in [2.75, 3.05) is 47.0 Å². The van der Waals surface area contributed by atoms with E-state index in [1.54, 1.807) is 7.11 Å². The molecule has 2 unspecified atom stereocenters. The number of carbonyl (C=O) groups excluding carboxylic acids is 1. The second kappa shape index (κ2) is 17.6. The number of amides is 1. The number of para-hydroxylation sites is 1. The molecule has 0 bridgehead atoms. The van der Waals surface area contributed by atoms with Gasteiger partial charge < -0.3 is 39.9 Å². The van der Waals surface area contributed by atoms with E-state index in [9.17, 15) is 25.2 Å². The number of aliphatic hydroxyl groups is 5. The maximum Gasteiger partial charge on any atom is 0.254 e. The zero-order chi connectivity index (χ0) is 36.7. The molecule has 1 aromatic heterocycles. The summed E-state index contributed by atoms with van der Waals surface area (Å²) in [6, 6.07) is 16.5. The molecule has 0 radical (unpaired) electrons. The van der Waals surface area contributed by atoms with E-state index in [0.717, 1.165) is 60.5 Å². The van der Waals surface area contributed by atoms with Gasteiger partial charge in [0.15, 0.2) is 6.10 Å². The Bertz CT molecular complexity index is 1620. The molecule has 1 fully saturated rings. The fraction of sp³-hybridized carbons (Fsp3) is 0.538. The Kier molecular flexibility index (Phi) is 13.5. The highest BCUT2D eigenvalue weighted by atomic mass is 35.5. The topological polar surface area (TPSA) is 153 Å². The fourth-order valence-corrected chi connectivity index (χ4v) is 7.14. The van der Waals surface area contributed by atoms with Gasteiger partial charge in [-0.25, -0.2) is 4.98 Å². The zero-order valence-electron chi connectivity index (χ0n) is 29.8. The molecule has 0 saturated heterocycles. The molecule has 2 aliphatic rings. The van der Waals surface area contributed by atoms with Crippen LogP contribution in [0.25, 0.3) is 11.1 Å². The second-order valence-electron chi connectivity index (χ2n) is 14.2. The van der Waals surface area contributed by atoms with E-state index >= 15 is 0 Å². The summed E-state index contributed by atoms with van der Waals surface area (Å²) < 4.78 is 12.0. The lowest BCUT2D eigenvalue weighted by atomic mass is 9.94. The molecule has 3 aromatic rings. The Hall–Kier alpha value is -3.13. The summed E-state index contributed by atoms with van der Waals surface area (Å²) in [4.78, 5) is 19.5. The van der Waals surface area contributed by atoms with Gasteiger partial charge in [-0.1, -0.05) is 42.8 Å². The Morgan fingerprint density at radius 3 is 2.51 bits per heavy atom. The molecule has 0 spiro atoms. The van der Waals surface area contributed by atoms with Gasteiger partial charge in [-0.05, 0) is 73.4 Å². The first-order chi connectivity index (χ1) is 24.5. The van der Waals surface area contributed by atoms with Crippen LogP contribution in [0.3, 0.4) is 0 Å². The van der Waals surface area contributed by atoms with E-state index in [0.29, 0.717) is 48.1 Å². The summed E-state index contributed by atoms with van der Waals surface area (Å²) >= 11 is 6.83. The number of likely N-dealkylation sites (N-methyl/N-ethyl adjacent to an activating group) is 1. The van der Waals surface area contributed by atoms with E-state index in [4.69, 9.17) is 31.2 Å². The van der Waals surface area contributed by atoms with Crippen molar-refractivity contribution in [1.82, 2.24) is 14.4 Å². The number of hydrogen-bond donors (Lipinski definition) is 5. The maximum absolute atomic E-state index is 13.2. The van der Waals surface area contributed by atoms with Gasteiger partial charge >= 0.3 is 0 Å². The van der Waals surface area contributed by atoms with Crippen LogP contribution < -0.4 is 9.22 Å². The molecule has 5 N–H and O–H groups in total. The zero-order valence-corrected chi connectivity index (χ0v) is 30.6. The molecule has 1 aliphatic heterocycles. The van der Waals surface area contributed by atoms with Crippen LogP contribution in [0.4, 0.5) is 5.82 Å². The summed E-state index contributed by atoms with van der Waals surface area (Å²) in [6.45, 7) is 3.87. The Morgan fingerprint density at radius 1 is 1.04 bits per heavy atom. The number of hydrogen-bond acceptors (Lipinski definition) is 9. The van der Waals surface area contributed by atoms with Gasteiger partial charge in [0.05, 0.1) is 26.3 Å². The van der Waals surface area contributed by atoms with E-state index < -0.39 is 36.9 Å². The number of aliphatic hydroxyl groups excluding tert-OH is 5. The third-order valence-corrected chi connectivity index (χ3v) is 10.6. The molecule has 5 rings (SSSR count). The fourth-order valence-electron chi connectivity index (χ4n) is 6.96. The summed E-state index contributed by atoms with van der Waals surface area (Å²) in [6.07, 6.45) is -0.326. The van der Waals surface area contributed by atoms with Gasteiger partial charge in [0.1, 0.15) is 30.6 Å². The number of halogens is 1. The molecule has 11 nitrogen and oxygen atoms in total. The number of methoxy groups -OCH3 is 1. The maximum atomic E-state index is 13.2. The SMILES string of the molecule is COCCCN(CCCC(C)c1ccc(Cl)c(C[N+]2(C)CCc3c(-c4ccccc4OC4CC4)ccnc32)c1)C(=O)[C@@H](O)[C@@H](O)[C@H](O)[C@@H](O)CO. The minimum Gasteiger partial charge on any atom is -0.490 e. The van der Waals surface area contributed by atoms with Gasteiger partial charge in [-0.3, -0.25) is 9.28 Å². The predicted octanol–water partition coefficient (Wildman–Crippen LogP) is 3.82. The average molecular weight is 727 g/mol. The second-order valence-corrected chi connectivity index (χ2v) is 14.7. The molecule has 51 heavy (non-hydrogen) atoms. The normalized spacial score (nSPS) is 19.9. The van der Waals surface area contributed by atoms with Crippen LogP contribution in [0.15, 0.2) is 54.7 Å². The van der Waals surface area contributed by atoms with Crippen molar-refractivity contribution in [2.45, 2.75) is 88.4 Å². The largest absolute Gasteiger partial charge is 0.490 e. The highest BCUT2D eigenvalue weighted by Gasteiger charge is 2.39. The van der Waals surface area contributed by atoms with Crippen LogP contribution in [-0.2, 0) is 22.5 Å². The van der Waals surface area contributed by atoms with Gasteiger partial charge in [-0.15, -0.1) is 0 Å². The number of quaternary nitrogens is 1. The first kappa shape index (κ1) is 39.1. The Balaban J connectivity index is 1.26. The van der Waals surface area contributed by atoms with Crippen molar-refractivity contribution < 1.29 is 39.8 Å². The molecule has 1 amide bonds. The van der Waals surface area contributed by atoms with Gasteiger partial charge in [0.25, 0.3) is 5.91 Å². The van der Waals surface area contributed by atoms with Crippen molar-refractivity contribution >= 4 is 23.3 Å². The standard InChI is InChI=1S/C39H53ClN3O8/c1-25(8-6-18-42(19-7-21-50-3)39(49)37(48)36(47)35(46)33(45)24-44)26-11-14-32(40)27(22-26)23-43(2)20-16-31-29(15-17-41-38(31)43)30-9-4-5-10-34(30)51-28-12-13-28/h4-5,9-11,14-15,17,22,25,28,33,35-37,44-48H,6-8,12-13,16,18-21,23-24H2,1-3H3/q+1/t25?,33-,35+,36-,37-,43?/m0/s1. The Labute approximate surface area is 305 Å². The number of nitrogens with zero attached hydrogens (tertiary/aromatic N) is 3. The number of rotatable bonds is 19. The summed E-state index contributed by atoms with van der Waals surface area (Å²) in [5.41, 5.74) is 5.68. The van der Waals surface area contributed by atoms with Gasteiger partial charge in [0.2, 0.25) is 5.82 Å². The molecule has 12 heteroatoms. The lowest BCUT2D eigenvalue weighted by Gasteiger charge is -2.30. The first-order valence-electron chi connectivity index (χ1n) is 18.0. The highest BCUT2D eigenvalue weighted by Crippen LogP contribution is 2.43. The van der Waals surface area contributed by atoms with E-state index in [-0.39, 0.29) is 12.5 Å². The quantitative estimate of drug-likeness (QED) is 0.0917. The van der Waals surface area contributed by atoms with Crippen LogP contribution >= 0.6 is 11.6 Å². The van der Waals surface area contributed by atoms with E-state index in [2.05, 4.69) is 44.3 Å². The number of pyridine rings is 1. The molecule has 2 heterocycles. The average Bonchev–Trinajstić information content (AvgIpc) is 3.90. The van der Waals surface area contributed by atoms with Crippen molar-refractivity contribution in [2.24, 2.45) is 0 Å². The van der Waals surface area contributed by atoms with Crippen molar-refractivity contribution in [3.05, 3.63) is 76.4 Å². The monoisotopic (exact) mass is 726 g/mol. The van der Waals surface area contributed by atoms with Crippen LogP contribution in [0, 0.1) is 0 Å². The molecule has 2 aromatic carbocycles. The minimum atomic E-state index is -1.96. The van der Waals surface area contributed by atoms with E-state index in [1.807, 2.05) is 24.4 Å². The molecule has 6 atom stereocenters. The third kappa shape index (κ3) is 9.46. The number of carbonyl (C=O) groups is 1. The van der Waals surface area contributed by atoms with Crippen LogP contribution in [-0.4, -0.2) is 119 Å². The number of benzene rings is 2. The summed E-state index contributed by atoms with van der Waals surface area (Å²) in [5, 5.41) is 50.4. The molecule has 1 aliphatic carbocycles. The van der Waals surface area contributed by atoms with Crippen LogP contribution in [0.1, 0.15) is 61.6 Å². The van der Waals surface area contributed by atoms with Crippen molar-refractivity contribution in [3.63, 3.8) is 0 Å². The molecular weight excluding hydrogens is 674 g/mol. The third-order valence-electron chi connectivity index (χ3n) is 10.2. The highest BCUT2D eigenvalue weighted by molar-refractivity contribution is 6.31. The summed E-state index contributed by atoms with van der Waals surface area (Å²) in [5.74, 6) is 1.35. The number of aromatic nitrogens is 1. The van der Waals surface area contributed by atoms with Crippen LogP contribution in [0.2, 0.25) is 5.02 Å². The number of fused-ring (bicyclic) bond motifs is 1. The van der Waals surface area contributed by atoms with Crippen molar-refractivity contribution in [3.8, 4) is 16.9 Å². The minimum absolute atomic E-state index is 0.137.